The van der Waals surface area contributed by atoms with Gasteiger partial charge in [0.1, 0.15) is 11.7 Å². The molecule has 0 aromatic heterocycles. The number of hydroxylamine groups is 1. The molecule has 2 aliphatic heterocycles. The maximum absolute atomic E-state index is 14.0. The molecule has 2 amide bonds. The van der Waals surface area contributed by atoms with Crippen molar-refractivity contribution < 1.29 is 18.8 Å². The van der Waals surface area contributed by atoms with Crippen LogP contribution >= 0.6 is 11.6 Å². The number of carbonyl (C=O) groups excluding carboxylic acids is 2. The second kappa shape index (κ2) is 7.48. The number of carbonyl (C=O) groups is 2. The Hall–Kier alpha value is -3.22. The molecule has 156 valence electrons. The van der Waals surface area contributed by atoms with Crippen molar-refractivity contribution in [2.75, 3.05) is 9.96 Å². The molecule has 2 saturated heterocycles. The number of nitrogens with zero attached hydrogens (tertiary/aromatic N) is 2. The van der Waals surface area contributed by atoms with Crippen LogP contribution in [0.1, 0.15) is 17.2 Å². The number of hydrogen-bond donors (Lipinski definition) is 0. The van der Waals surface area contributed by atoms with Crippen molar-refractivity contribution in [3.63, 3.8) is 0 Å². The van der Waals surface area contributed by atoms with Crippen LogP contribution in [0, 0.1) is 18.7 Å². The van der Waals surface area contributed by atoms with Gasteiger partial charge in [0.15, 0.2) is 6.10 Å². The molecule has 3 atom stereocenters. The molecule has 2 heterocycles. The summed E-state index contributed by atoms with van der Waals surface area (Å²) in [6.45, 7) is 1.98. The molecule has 5 rings (SSSR count). The van der Waals surface area contributed by atoms with Gasteiger partial charge in [-0.3, -0.25) is 14.4 Å². The number of amides is 2. The van der Waals surface area contributed by atoms with Crippen molar-refractivity contribution in [1.29, 1.82) is 0 Å². The van der Waals surface area contributed by atoms with E-state index in [0.717, 1.165) is 27.8 Å². The lowest BCUT2D eigenvalue weighted by Crippen LogP contribution is -2.37. The first kappa shape index (κ1) is 19.7. The van der Waals surface area contributed by atoms with Gasteiger partial charge in [0, 0.05) is 0 Å². The molecule has 31 heavy (non-hydrogen) atoms. The van der Waals surface area contributed by atoms with Crippen LogP contribution in [0.25, 0.3) is 0 Å². The monoisotopic (exact) mass is 436 g/mol. The van der Waals surface area contributed by atoms with Gasteiger partial charge in [-0.05, 0) is 42.8 Å². The third-order valence-electron chi connectivity index (χ3n) is 5.71. The Morgan fingerprint density at radius 1 is 0.903 bits per heavy atom. The number of aryl methyl sites for hydroxylation is 1. The van der Waals surface area contributed by atoms with Gasteiger partial charge in [-0.1, -0.05) is 59.6 Å². The molecule has 3 aromatic carbocycles. The van der Waals surface area contributed by atoms with Crippen molar-refractivity contribution >= 4 is 34.8 Å². The predicted molar refractivity (Wildman–Crippen MR) is 115 cm³/mol. The van der Waals surface area contributed by atoms with E-state index >= 15 is 0 Å². The summed E-state index contributed by atoms with van der Waals surface area (Å²) >= 11 is 5.76. The highest BCUT2D eigenvalue weighted by Gasteiger charge is 2.60. The van der Waals surface area contributed by atoms with Crippen molar-refractivity contribution in [2.24, 2.45) is 5.92 Å². The fraction of sp³-hybridized carbons (Fsp3) is 0.167. The molecule has 2 fully saturated rings. The molecular weight excluding hydrogens is 419 g/mol. The normalized spacial score (nSPS) is 22.9. The minimum atomic E-state index is -1.00. The van der Waals surface area contributed by atoms with Gasteiger partial charge in [0.05, 0.1) is 22.4 Å². The molecule has 0 saturated carbocycles. The first-order valence-electron chi connectivity index (χ1n) is 9.86. The molecule has 0 unspecified atom stereocenters. The Balaban J connectivity index is 1.58. The van der Waals surface area contributed by atoms with E-state index < -0.39 is 35.7 Å². The van der Waals surface area contributed by atoms with Gasteiger partial charge in [0.25, 0.3) is 5.91 Å². The van der Waals surface area contributed by atoms with E-state index in [1.54, 1.807) is 5.06 Å². The zero-order valence-corrected chi connectivity index (χ0v) is 17.3. The maximum Gasteiger partial charge on any atom is 0.266 e. The van der Waals surface area contributed by atoms with Gasteiger partial charge in [0.2, 0.25) is 5.91 Å². The van der Waals surface area contributed by atoms with Gasteiger partial charge in [-0.15, -0.1) is 0 Å². The molecular formula is C24H18ClFN2O3. The zero-order chi connectivity index (χ0) is 21.7. The fourth-order valence-electron chi connectivity index (χ4n) is 4.19. The van der Waals surface area contributed by atoms with Gasteiger partial charge < -0.3 is 0 Å². The lowest BCUT2D eigenvalue weighted by molar-refractivity contribution is -0.126. The number of fused-ring (bicyclic) bond motifs is 1. The molecule has 3 aromatic rings. The van der Waals surface area contributed by atoms with Gasteiger partial charge in [-0.25, -0.2) is 14.4 Å². The Morgan fingerprint density at radius 3 is 2.29 bits per heavy atom. The predicted octanol–water partition coefficient (Wildman–Crippen LogP) is 4.84. The summed E-state index contributed by atoms with van der Waals surface area (Å²) < 4.78 is 14.0. The molecule has 2 aliphatic rings. The second-order valence-corrected chi connectivity index (χ2v) is 8.09. The van der Waals surface area contributed by atoms with Crippen molar-refractivity contribution in [3.05, 3.63) is 94.8 Å². The Kier molecular flexibility index (Phi) is 4.76. The van der Waals surface area contributed by atoms with Crippen molar-refractivity contribution in [1.82, 2.24) is 0 Å². The van der Waals surface area contributed by atoms with E-state index in [1.165, 1.54) is 12.1 Å². The lowest BCUT2D eigenvalue weighted by atomic mass is 9.90. The summed E-state index contributed by atoms with van der Waals surface area (Å²) in [5.74, 6) is -2.42. The zero-order valence-electron chi connectivity index (χ0n) is 16.5. The van der Waals surface area contributed by atoms with Crippen molar-refractivity contribution in [2.45, 2.75) is 19.1 Å². The smallest absolute Gasteiger partial charge is 0.266 e. The summed E-state index contributed by atoms with van der Waals surface area (Å²) in [4.78, 5) is 33.7. The van der Waals surface area contributed by atoms with Crippen molar-refractivity contribution in [3.8, 4) is 0 Å². The van der Waals surface area contributed by atoms with E-state index in [9.17, 15) is 14.0 Å². The highest BCUT2D eigenvalue weighted by atomic mass is 35.5. The minimum absolute atomic E-state index is 0.0768. The summed E-state index contributed by atoms with van der Waals surface area (Å²) in [6.07, 6.45) is -1.00. The average molecular weight is 437 g/mol. The standard InChI is InChI=1S/C24H18ClFN2O3/c1-14-7-9-15(10-8-14)21-20-22(31-28(21)16-5-3-2-4-6-16)24(30)27(23(20)29)17-11-12-18(25)19(26)13-17/h2-13,20-22H,1H3/t20-,21-,22-/m1/s1. The van der Waals surface area contributed by atoms with Crippen LogP contribution in [0.5, 0.6) is 0 Å². The minimum Gasteiger partial charge on any atom is -0.273 e. The summed E-state index contributed by atoms with van der Waals surface area (Å²) in [6, 6.07) is 20.5. The van der Waals surface area contributed by atoms with E-state index in [1.807, 2.05) is 61.5 Å². The van der Waals surface area contributed by atoms with Crippen LogP contribution in [0.4, 0.5) is 15.8 Å². The van der Waals surface area contributed by atoms with Crippen LogP contribution in [0.15, 0.2) is 72.8 Å². The lowest BCUT2D eigenvalue weighted by Gasteiger charge is -2.28. The van der Waals surface area contributed by atoms with Gasteiger partial charge in [-0.2, -0.15) is 0 Å². The number of anilines is 2. The Morgan fingerprint density at radius 2 is 1.61 bits per heavy atom. The van der Waals surface area contributed by atoms with E-state index in [0.29, 0.717) is 0 Å². The molecule has 7 heteroatoms. The SMILES string of the molecule is Cc1ccc([C@@H]2[C@H]3C(=O)N(c4ccc(Cl)c(F)c4)C(=O)[C@@H]3ON2c2ccccc2)cc1. The molecule has 5 nitrogen and oxygen atoms in total. The first-order valence-corrected chi connectivity index (χ1v) is 10.2. The fourth-order valence-corrected chi connectivity index (χ4v) is 4.31. The molecule has 0 spiro atoms. The molecule has 0 aliphatic carbocycles. The third kappa shape index (κ3) is 3.19. The highest BCUT2D eigenvalue weighted by Crippen LogP contribution is 2.47. The quantitative estimate of drug-likeness (QED) is 0.551. The summed E-state index contributed by atoms with van der Waals surface area (Å²) in [7, 11) is 0. The average Bonchev–Trinajstić information content (AvgIpc) is 3.28. The number of rotatable bonds is 3. The second-order valence-electron chi connectivity index (χ2n) is 7.68. The largest absolute Gasteiger partial charge is 0.273 e. The van der Waals surface area contributed by atoms with Crippen LogP contribution in [-0.2, 0) is 14.4 Å². The summed E-state index contributed by atoms with van der Waals surface area (Å²) in [5.41, 5.74) is 2.82. The van der Waals surface area contributed by atoms with Crippen LogP contribution < -0.4 is 9.96 Å². The number of halogens is 2. The maximum atomic E-state index is 14.0. The topological polar surface area (TPSA) is 49.9 Å². The summed E-state index contributed by atoms with van der Waals surface area (Å²) in [5, 5.41) is 1.56. The Bertz CT molecular complexity index is 1170. The number of hydrogen-bond acceptors (Lipinski definition) is 4. The molecule has 0 bridgehead atoms. The molecule has 0 N–H and O–H groups in total. The van der Waals surface area contributed by atoms with E-state index in [4.69, 9.17) is 16.4 Å². The van der Waals surface area contributed by atoms with E-state index in [-0.39, 0.29) is 10.7 Å². The van der Waals surface area contributed by atoms with Crippen LogP contribution in [-0.4, -0.2) is 17.9 Å². The number of para-hydroxylation sites is 1. The highest BCUT2D eigenvalue weighted by molar-refractivity contribution is 6.31. The number of benzene rings is 3. The first-order chi connectivity index (χ1) is 15.0. The van der Waals surface area contributed by atoms with E-state index in [2.05, 4.69) is 0 Å². The Labute approximate surface area is 183 Å². The van der Waals surface area contributed by atoms with Gasteiger partial charge >= 0.3 is 0 Å². The molecule has 0 radical (unpaired) electrons. The van der Waals surface area contributed by atoms with Crippen LogP contribution in [0.2, 0.25) is 5.02 Å². The van der Waals surface area contributed by atoms with Crippen LogP contribution in [0.3, 0.4) is 0 Å². The third-order valence-corrected chi connectivity index (χ3v) is 6.01. The number of imide groups is 1.